The van der Waals surface area contributed by atoms with Crippen LogP contribution in [0.2, 0.25) is 0 Å². The third kappa shape index (κ3) is 40.9. The van der Waals surface area contributed by atoms with Gasteiger partial charge in [-0.2, -0.15) is 92.2 Å². The molecule has 0 aliphatic carbocycles. The average molecular weight is 1260 g/mol. The third-order valence-electron chi connectivity index (χ3n) is 9.80. The van der Waals surface area contributed by atoms with E-state index in [2.05, 4.69) is 49.2 Å². The van der Waals surface area contributed by atoms with Crippen LogP contribution in [0.4, 0.5) is 92.2 Å². The molecule has 0 aromatic carbocycles. The molecular weight excluding hydrogens is 1180 g/mol. The summed E-state index contributed by atoms with van der Waals surface area (Å²) in [4.78, 5) is 52.4. The second-order valence-electron chi connectivity index (χ2n) is 17.3. The van der Waals surface area contributed by atoms with Gasteiger partial charge in [0.15, 0.2) is 0 Å². The first-order valence-corrected chi connectivity index (χ1v) is 26.0. The fourth-order valence-electron chi connectivity index (χ4n) is 5.14. The van der Waals surface area contributed by atoms with Crippen molar-refractivity contribution in [2.24, 2.45) is 0 Å². The molecular formula is C49H77F21O12. The minimum absolute atomic E-state index is 0.129. The van der Waals surface area contributed by atoms with E-state index in [1.54, 1.807) is 6.92 Å². The first-order valence-electron chi connectivity index (χ1n) is 26.0. The summed E-state index contributed by atoms with van der Waals surface area (Å²) < 4.78 is 284. The van der Waals surface area contributed by atoms with Crippen LogP contribution >= 0.6 is 0 Å². The monoisotopic (exact) mass is 1260 g/mol. The van der Waals surface area contributed by atoms with E-state index in [0.717, 1.165) is 44.9 Å². The van der Waals surface area contributed by atoms with Gasteiger partial charge in [0.05, 0.1) is 33.0 Å². The minimum Gasteiger partial charge on any atom is -0.466 e. The number of halogens is 21. The van der Waals surface area contributed by atoms with Crippen LogP contribution in [0.25, 0.3) is 0 Å². The Balaban J connectivity index is -0.000000319. The Morgan fingerprint density at radius 1 is 0.329 bits per heavy atom. The van der Waals surface area contributed by atoms with Crippen molar-refractivity contribution in [3.05, 3.63) is 0 Å². The molecule has 0 saturated carbocycles. The molecule has 1 unspecified atom stereocenters. The predicted molar refractivity (Wildman–Crippen MR) is 251 cm³/mol. The predicted octanol–water partition coefficient (Wildman–Crippen LogP) is 16.8. The Kier molecular flexibility index (Phi) is 46.8. The lowest BCUT2D eigenvalue weighted by molar-refractivity contribution is -0.475. The molecule has 33 heteroatoms. The number of unbranched alkanes of at least 4 members (excludes halogenated alkanes) is 17. The van der Waals surface area contributed by atoms with Crippen molar-refractivity contribution in [2.75, 3.05) is 39.6 Å². The Labute approximate surface area is 462 Å². The molecule has 0 heterocycles. The number of rotatable bonds is 34. The van der Waals surface area contributed by atoms with E-state index in [1.807, 2.05) is 4.74 Å². The highest BCUT2D eigenvalue weighted by Gasteiger charge is 2.80. The molecule has 1 atom stereocenters. The molecule has 0 spiro atoms. The lowest BCUT2D eigenvalue weighted by Crippen LogP contribution is -2.61. The summed E-state index contributed by atoms with van der Waals surface area (Å²) in [6.45, 7) is 10.4. The van der Waals surface area contributed by atoms with Gasteiger partial charge in [0.2, 0.25) is 0 Å². The normalized spacial score (nSPS) is 13.0. The quantitative estimate of drug-likeness (QED) is 0.0261. The maximum absolute atomic E-state index is 13.5. The van der Waals surface area contributed by atoms with Gasteiger partial charge in [-0.3, -0.25) is 14.3 Å². The molecule has 492 valence electrons. The van der Waals surface area contributed by atoms with Crippen molar-refractivity contribution in [1.29, 1.82) is 0 Å². The molecule has 0 aliphatic heterocycles. The molecule has 0 aliphatic rings. The van der Waals surface area contributed by atoms with Crippen molar-refractivity contribution < 1.29 is 149 Å². The average Bonchev–Trinajstić information content (AvgIpc) is 3.33. The molecule has 0 aromatic rings. The summed E-state index contributed by atoms with van der Waals surface area (Å²) in [6, 6.07) is 0. The second-order valence-corrected chi connectivity index (χ2v) is 17.3. The van der Waals surface area contributed by atoms with Crippen molar-refractivity contribution >= 4 is 29.8 Å². The van der Waals surface area contributed by atoms with E-state index in [4.69, 9.17) is 0 Å². The van der Waals surface area contributed by atoms with Gasteiger partial charge in [-0.25, -0.2) is 14.4 Å². The molecule has 0 radical (unpaired) electrons. The first kappa shape index (κ1) is 86.6. The van der Waals surface area contributed by atoms with E-state index >= 15 is 0 Å². The fraction of sp³-hybridized carbons (Fsp3) is 0.898. The molecule has 0 bridgehead atoms. The van der Waals surface area contributed by atoms with Crippen LogP contribution < -0.4 is 0 Å². The lowest BCUT2D eigenvalue weighted by Gasteiger charge is -2.33. The van der Waals surface area contributed by atoms with Crippen LogP contribution in [0, 0.1) is 0 Å². The largest absolute Gasteiger partial charge is 0.490 e. The summed E-state index contributed by atoms with van der Waals surface area (Å²) >= 11 is 0. The fourth-order valence-corrected chi connectivity index (χ4v) is 5.14. The van der Waals surface area contributed by atoms with Gasteiger partial charge < -0.3 is 28.4 Å². The molecule has 82 heavy (non-hydrogen) atoms. The van der Waals surface area contributed by atoms with E-state index < -0.39 is 85.7 Å². The SMILES string of the molecule is CCCCCCCCCCCCCCCCOC(=O)C(F)(F)F.CCCCOC(=O)C(F)(OC(F)(F)C(F)(F)C(F)(F)F)C(F)(F)F.CCCCOC(=O)COC(F)(C(F)(F)F)C(F)(F)F.CCCCOC(C)=O.CCCCOC(C)=O. The molecule has 0 amide bonds. The van der Waals surface area contributed by atoms with Crippen molar-refractivity contribution in [2.45, 2.75) is 244 Å². The summed E-state index contributed by atoms with van der Waals surface area (Å²) in [5.41, 5.74) is 0. The topological polar surface area (TPSA) is 150 Å². The number of esters is 5. The molecule has 0 saturated heterocycles. The Morgan fingerprint density at radius 2 is 0.622 bits per heavy atom. The zero-order chi connectivity index (χ0) is 65.1. The van der Waals surface area contributed by atoms with Gasteiger partial charge in [-0.1, -0.05) is 144 Å². The lowest BCUT2D eigenvalue weighted by atomic mass is 10.0. The van der Waals surface area contributed by atoms with Crippen LogP contribution in [0.15, 0.2) is 0 Å². The highest BCUT2D eigenvalue weighted by Crippen LogP contribution is 2.51. The van der Waals surface area contributed by atoms with Crippen molar-refractivity contribution in [3.8, 4) is 0 Å². The summed E-state index contributed by atoms with van der Waals surface area (Å²) in [7, 11) is 0. The van der Waals surface area contributed by atoms with E-state index in [0.29, 0.717) is 32.5 Å². The molecule has 0 aromatic heterocycles. The highest BCUT2D eigenvalue weighted by atomic mass is 19.4. The van der Waals surface area contributed by atoms with E-state index in [-0.39, 0.29) is 38.0 Å². The molecule has 0 N–H and O–H groups in total. The van der Waals surface area contributed by atoms with Crippen LogP contribution in [-0.4, -0.2) is 124 Å². The number of carbonyl (C=O) groups is 5. The summed E-state index contributed by atoms with van der Waals surface area (Å²) in [6.07, 6.45) is -16.8. The van der Waals surface area contributed by atoms with Crippen molar-refractivity contribution in [3.63, 3.8) is 0 Å². The Morgan fingerprint density at radius 3 is 0.915 bits per heavy atom. The van der Waals surface area contributed by atoms with Crippen LogP contribution in [-0.2, 0) is 57.1 Å². The number of hydrogen-bond donors (Lipinski definition) is 0. The Bertz CT molecular complexity index is 1640. The summed E-state index contributed by atoms with van der Waals surface area (Å²) in [5.74, 6) is -26.5. The van der Waals surface area contributed by atoms with Crippen LogP contribution in [0.1, 0.15) is 190 Å². The number of carbonyl (C=O) groups excluding carboxylic acids is 5. The highest BCUT2D eigenvalue weighted by molar-refractivity contribution is 5.79. The van der Waals surface area contributed by atoms with Gasteiger partial charge >= 0.3 is 84.5 Å². The molecule has 0 rings (SSSR count). The van der Waals surface area contributed by atoms with Gasteiger partial charge in [0.25, 0.3) is 0 Å². The van der Waals surface area contributed by atoms with Gasteiger partial charge in [-0.15, -0.1) is 0 Å². The van der Waals surface area contributed by atoms with Gasteiger partial charge in [0, 0.05) is 13.8 Å². The zero-order valence-corrected chi connectivity index (χ0v) is 46.6. The third-order valence-corrected chi connectivity index (χ3v) is 9.80. The minimum atomic E-state index is -7.22. The maximum Gasteiger partial charge on any atom is 0.490 e. The Hall–Kier alpha value is -4.20. The van der Waals surface area contributed by atoms with Crippen LogP contribution in [0.5, 0.6) is 0 Å². The van der Waals surface area contributed by atoms with E-state index in [1.165, 1.54) is 85.0 Å². The van der Waals surface area contributed by atoms with Crippen molar-refractivity contribution in [1.82, 2.24) is 0 Å². The standard InChI is InChI=1S/C18H33F3O2.C10H9F11O3.C9H11F7O3.2C6H12O2/c1-2-3-4-5-6-7-8-9-10-11-12-13-14-15-16-23-17(22)18(19,20)21;1-2-3-4-23-5(22)6(11,8(14,15)16)24-10(20,21)7(12,13)9(17,18)19;1-2-3-4-18-6(17)5-19-7(10,8(11,12)13)9(14,15)16;2*1-3-4-5-8-6(2)7/h2-16H2,1H3;2-4H2,1H3;2-5H2,1H3;2*3-5H2,1-2H3. The first-order chi connectivity index (χ1) is 37.4. The zero-order valence-electron chi connectivity index (χ0n) is 46.6. The molecule has 12 nitrogen and oxygen atoms in total. The summed E-state index contributed by atoms with van der Waals surface area (Å²) in [5, 5.41) is 0. The maximum atomic E-state index is 13.5. The van der Waals surface area contributed by atoms with E-state index in [9.17, 15) is 116 Å². The number of ether oxygens (including phenoxy) is 7. The molecule has 0 fully saturated rings. The van der Waals surface area contributed by atoms with Gasteiger partial charge in [0.1, 0.15) is 6.61 Å². The number of hydrogen-bond acceptors (Lipinski definition) is 12. The van der Waals surface area contributed by atoms with Gasteiger partial charge in [-0.05, 0) is 32.1 Å². The second kappa shape index (κ2) is 44.3. The smallest absolute Gasteiger partial charge is 0.466 e. The van der Waals surface area contributed by atoms with Crippen LogP contribution in [0.3, 0.4) is 0 Å². The number of alkyl halides is 21.